The molecule has 1 N–H and O–H groups in total. The van der Waals surface area contributed by atoms with E-state index in [9.17, 15) is 4.79 Å². The second-order valence-electron chi connectivity index (χ2n) is 5.11. The molecule has 0 saturated carbocycles. The van der Waals surface area contributed by atoms with Crippen LogP contribution in [-0.4, -0.2) is 19.3 Å². The Balaban J connectivity index is 1.82. The van der Waals surface area contributed by atoms with Crippen molar-refractivity contribution in [2.45, 2.75) is 26.4 Å². The minimum absolute atomic E-state index is 0.0611. The van der Waals surface area contributed by atoms with Crippen LogP contribution >= 0.6 is 23.8 Å². The molecule has 3 aromatic rings. The fourth-order valence-corrected chi connectivity index (χ4v) is 2.84. The summed E-state index contributed by atoms with van der Waals surface area (Å²) in [7, 11) is 0. The van der Waals surface area contributed by atoms with Crippen LogP contribution in [-0.2, 0) is 13.1 Å². The summed E-state index contributed by atoms with van der Waals surface area (Å²) < 4.78 is 3.82. The van der Waals surface area contributed by atoms with Gasteiger partial charge in [0.1, 0.15) is 0 Å². The maximum atomic E-state index is 12.5. The van der Waals surface area contributed by atoms with Gasteiger partial charge in [-0.3, -0.25) is 14.0 Å². The molecule has 0 fully saturated rings. The van der Waals surface area contributed by atoms with Crippen LogP contribution in [0.15, 0.2) is 35.3 Å². The molecule has 0 atom stereocenters. The first kappa shape index (κ1) is 15.0. The number of para-hydroxylation sites is 1. The first-order valence-corrected chi connectivity index (χ1v) is 7.76. The number of hydrogen-bond acceptors (Lipinski definition) is 3. The maximum Gasteiger partial charge on any atom is 0.262 e. The molecule has 0 bridgehead atoms. The summed E-state index contributed by atoms with van der Waals surface area (Å²) in [6.45, 7) is 3.08. The summed E-state index contributed by atoms with van der Waals surface area (Å²) in [6.07, 6.45) is 2.54. The highest BCUT2D eigenvalue weighted by molar-refractivity contribution is 7.71. The first-order chi connectivity index (χ1) is 10.6. The Morgan fingerprint density at radius 1 is 1.32 bits per heavy atom. The topological polar surface area (TPSA) is 55.6 Å². The number of fused-ring (bicyclic) bond motifs is 1. The molecule has 0 unspecified atom stereocenters. The molecule has 0 spiro atoms. The Labute approximate surface area is 137 Å². The summed E-state index contributed by atoms with van der Waals surface area (Å²) in [5.41, 5.74) is 1.51. The van der Waals surface area contributed by atoms with Crippen LogP contribution in [0.5, 0.6) is 0 Å². The summed E-state index contributed by atoms with van der Waals surface area (Å²) in [5, 5.41) is 5.60. The lowest BCUT2D eigenvalue weighted by atomic mass is 10.2. The third-order valence-corrected chi connectivity index (χ3v) is 4.24. The first-order valence-electron chi connectivity index (χ1n) is 6.97. The van der Waals surface area contributed by atoms with Crippen molar-refractivity contribution in [3.05, 3.63) is 56.3 Å². The van der Waals surface area contributed by atoms with E-state index in [1.807, 2.05) is 25.1 Å². The largest absolute Gasteiger partial charge is 0.332 e. The number of rotatable bonds is 4. The minimum atomic E-state index is -0.0611. The lowest BCUT2D eigenvalue weighted by molar-refractivity contribution is 0.513. The summed E-state index contributed by atoms with van der Waals surface area (Å²) in [5.74, 6) is 0. The summed E-state index contributed by atoms with van der Waals surface area (Å²) >= 11 is 11.3. The molecule has 0 radical (unpaired) electrons. The number of H-pyrrole nitrogens is 1. The van der Waals surface area contributed by atoms with E-state index in [0.29, 0.717) is 28.3 Å². The van der Waals surface area contributed by atoms with E-state index in [1.165, 1.54) is 0 Å². The van der Waals surface area contributed by atoms with Gasteiger partial charge in [-0.25, -0.2) is 0 Å². The molecule has 114 valence electrons. The lowest BCUT2D eigenvalue weighted by Gasteiger charge is -2.08. The van der Waals surface area contributed by atoms with Crippen LogP contribution in [0.1, 0.15) is 12.1 Å². The van der Waals surface area contributed by atoms with Crippen molar-refractivity contribution in [2.24, 2.45) is 0 Å². The Kier molecular flexibility index (Phi) is 4.13. The van der Waals surface area contributed by atoms with Crippen LogP contribution < -0.4 is 5.56 Å². The highest BCUT2D eigenvalue weighted by Gasteiger charge is 2.06. The zero-order valence-corrected chi connectivity index (χ0v) is 13.6. The molecule has 0 saturated heterocycles. The molecule has 22 heavy (non-hydrogen) atoms. The Bertz CT molecular complexity index is 921. The van der Waals surface area contributed by atoms with E-state index in [1.54, 1.807) is 21.5 Å². The molecule has 0 amide bonds. The smallest absolute Gasteiger partial charge is 0.262 e. The molecule has 1 aromatic carbocycles. The molecule has 7 heteroatoms. The molecule has 2 heterocycles. The van der Waals surface area contributed by atoms with Gasteiger partial charge in [0.2, 0.25) is 0 Å². The number of hydrogen-bond donors (Lipinski definition) is 1. The molecule has 0 aliphatic carbocycles. The van der Waals surface area contributed by atoms with Gasteiger partial charge in [-0.1, -0.05) is 23.7 Å². The van der Waals surface area contributed by atoms with E-state index in [4.69, 9.17) is 23.8 Å². The van der Waals surface area contributed by atoms with Crippen molar-refractivity contribution >= 4 is 34.7 Å². The normalized spacial score (nSPS) is 11.2. The Morgan fingerprint density at radius 2 is 2.09 bits per heavy atom. The molecular weight excluding hydrogens is 320 g/mol. The zero-order chi connectivity index (χ0) is 15.7. The van der Waals surface area contributed by atoms with Crippen molar-refractivity contribution in [3.63, 3.8) is 0 Å². The molecule has 0 aliphatic rings. The van der Waals surface area contributed by atoms with E-state index in [-0.39, 0.29) is 5.56 Å². The number of aromatic nitrogens is 4. The Morgan fingerprint density at radius 3 is 2.82 bits per heavy atom. The van der Waals surface area contributed by atoms with Crippen molar-refractivity contribution < 1.29 is 0 Å². The fraction of sp³-hybridized carbons (Fsp3) is 0.267. The number of halogens is 1. The maximum absolute atomic E-state index is 12.5. The van der Waals surface area contributed by atoms with Crippen LogP contribution in [0, 0.1) is 11.7 Å². The van der Waals surface area contributed by atoms with Crippen molar-refractivity contribution in [2.75, 3.05) is 0 Å². The summed E-state index contributed by atoms with van der Waals surface area (Å²) in [4.78, 5) is 15.6. The van der Waals surface area contributed by atoms with Crippen molar-refractivity contribution in [1.82, 2.24) is 19.3 Å². The van der Waals surface area contributed by atoms with Gasteiger partial charge in [0, 0.05) is 19.3 Å². The lowest BCUT2D eigenvalue weighted by Crippen LogP contribution is -2.23. The monoisotopic (exact) mass is 334 g/mol. The third kappa shape index (κ3) is 2.84. The van der Waals surface area contributed by atoms with Gasteiger partial charge in [-0.05, 0) is 37.7 Å². The average Bonchev–Trinajstić information content (AvgIpc) is 2.81. The van der Waals surface area contributed by atoms with Crippen LogP contribution in [0.25, 0.3) is 10.9 Å². The number of nitrogens with one attached hydrogen (secondary N) is 1. The van der Waals surface area contributed by atoms with Gasteiger partial charge in [0.05, 0.1) is 21.6 Å². The standard InChI is InChI=1S/C15H15ClN4OS/c1-10-12(16)9-19(18-10)7-4-8-20-14(21)11-5-2-3-6-13(11)17-15(20)22/h2-3,5-6,9H,4,7-8H2,1H3,(H,17,22). The van der Waals surface area contributed by atoms with Crippen LogP contribution in [0.2, 0.25) is 5.02 Å². The van der Waals surface area contributed by atoms with Gasteiger partial charge in [0.15, 0.2) is 4.77 Å². The molecule has 2 aromatic heterocycles. The van der Waals surface area contributed by atoms with E-state index in [2.05, 4.69) is 10.1 Å². The molecule has 5 nitrogen and oxygen atoms in total. The highest BCUT2D eigenvalue weighted by Crippen LogP contribution is 2.12. The van der Waals surface area contributed by atoms with Gasteiger partial charge in [-0.2, -0.15) is 5.10 Å². The number of nitrogens with zero attached hydrogens (tertiary/aromatic N) is 3. The summed E-state index contributed by atoms with van der Waals surface area (Å²) in [6, 6.07) is 7.38. The predicted molar refractivity (Wildman–Crippen MR) is 90.0 cm³/mol. The second kappa shape index (κ2) is 6.06. The van der Waals surface area contributed by atoms with Crippen molar-refractivity contribution in [3.8, 4) is 0 Å². The van der Waals surface area contributed by atoms with Gasteiger partial charge < -0.3 is 4.98 Å². The Hall–Kier alpha value is -1.92. The van der Waals surface area contributed by atoms with Gasteiger partial charge in [0.25, 0.3) is 5.56 Å². The minimum Gasteiger partial charge on any atom is -0.332 e. The third-order valence-electron chi connectivity index (χ3n) is 3.54. The van der Waals surface area contributed by atoms with Crippen LogP contribution in [0.3, 0.4) is 0 Å². The van der Waals surface area contributed by atoms with Crippen LogP contribution in [0.4, 0.5) is 0 Å². The number of aromatic amines is 1. The zero-order valence-electron chi connectivity index (χ0n) is 12.0. The molecular formula is C15H15ClN4OS. The van der Waals surface area contributed by atoms with E-state index in [0.717, 1.165) is 17.6 Å². The molecule has 0 aliphatic heterocycles. The van der Waals surface area contributed by atoms with Gasteiger partial charge in [-0.15, -0.1) is 0 Å². The number of benzene rings is 1. The predicted octanol–water partition coefficient (Wildman–Crippen LogP) is 3.31. The number of aryl methyl sites for hydroxylation is 2. The average molecular weight is 335 g/mol. The molecule has 3 rings (SSSR count). The fourth-order valence-electron chi connectivity index (χ4n) is 2.40. The highest BCUT2D eigenvalue weighted by atomic mass is 35.5. The SMILES string of the molecule is Cc1nn(CCCn2c(=S)[nH]c3ccccc3c2=O)cc1Cl. The second-order valence-corrected chi connectivity index (χ2v) is 5.91. The van der Waals surface area contributed by atoms with Crippen molar-refractivity contribution in [1.29, 1.82) is 0 Å². The van der Waals surface area contributed by atoms with E-state index >= 15 is 0 Å². The van der Waals surface area contributed by atoms with E-state index < -0.39 is 0 Å². The quantitative estimate of drug-likeness (QED) is 0.745. The van der Waals surface area contributed by atoms with Gasteiger partial charge >= 0.3 is 0 Å².